The van der Waals surface area contributed by atoms with Gasteiger partial charge in [-0.05, 0) is 6.42 Å². The predicted octanol–water partition coefficient (Wildman–Crippen LogP) is 0.263. The highest BCUT2D eigenvalue weighted by Crippen LogP contribution is 1.93. The minimum Gasteiger partial charge on any atom is -0.479 e. The Bertz CT molecular complexity index is 233. The summed E-state index contributed by atoms with van der Waals surface area (Å²) >= 11 is 0. The van der Waals surface area contributed by atoms with Crippen molar-refractivity contribution in [1.82, 2.24) is 10.2 Å². The Labute approximate surface area is 95.2 Å². The van der Waals surface area contributed by atoms with Crippen LogP contribution in [0.1, 0.15) is 26.2 Å². The molecule has 0 heterocycles. The lowest BCUT2D eigenvalue weighted by Crippen LogP contribution is -2.39. The molecule has 3 N–H and O–H groups in total. The van der Waals surface area contributed by atoms with Crippen LogP contribution in [0, 0.1) is 0 Å². The Morgan fingerprint density at radius 3 is 2.56 bits per heavy atom. The summed E-state index contributed by atoms with van der Waals surface area (Å²) in [5.41, 5.74) is 0. The van der Waals surface area contributed by atoms with Gasteiger partial charge in [0.05, 0.1) is 0 Å². The van der Waals surface area contributed by atoms with Crippen LogP contribution in [0.4, 0.5) is 4.79 Å². The molecule has 0 saturated carbocycles. The molecule has 0 aliphatic heterocycles. The van der Waals surface area contributed by atoms with Crippen molar-refractivity contribution in [2.24, 2.45) is 0 Å². The van der Waals surface area contributed by atoms with Gasteiger partial charge in [0.25, 0.3) is 0 Å². The van der Waals surface area contributed by atoms with Gasteiger partial charge in [0.15, 0.2) is 6.10 Å². The maximum atomic E-state index is 11.4. The van der Waals surface area contributed by atoms with Gasteiger partial charge in [0.2, 0.25) is 0 Å². The lowest BCUT2D eigenvalue weighted by molar-refractivity contribution is -0.146. The molecule has 0 aliphatic carbocycles. The Morgan fingerprint density at radius 2 is 2.06 bits per heavy atom. The van der Waals surface area contributed by atoms with Gasteiger partial charge >= 0.3 is 12.0 Å². The zero-order chi connectivity index (χ0) is 12.6. The molecule has 0 radical (unpaired) electrons. The van der Waals surface area contributed by atoms with Crippen molar-refractivity contribution in [1.29, 1.82) is 0 Å². The second-order valence-electron chi connectivity index (χ2n) is 3.65. The molecule has 0 aromatic rings. The van der Waals surface area contributed by atoms with Crippen molar-refractivity contribution in [2.45, 2.75) is 32.3 Å². The summed E-state index contributed by atoms with van der Waals surface area (Å²) in [5, 5.41) is 19.9. The van der Waals surface area contributed by atoms with Gasteiger partial charge in [-0.25, -0.2) is 9.59 Å². The van der Waals surface area contributed by atoms with E-state index in [2.05, 4.69) is 5.32 Å². The monoisotopic (exact) mass is 232 g/mol. The molecule has 2 amide bonds. The predicted molar refractivity (Wildman–Crippen MR) is 59.2 cm³/mol. The number of rotatable bonds is 7. The van der Waals surface area contributed by atoms with Crippen LogP contribution in [0.2, 0.25) is 0 Å². The molecule has 0 aromatic carbocycles. The number of amides is 2. The molecule has 6 heteroatoms. The van der Waals surface area contributed by atoms with E-state index in [0.29, 0.717) is 6.54 Å². The molecule has 94 valence electrons. The number of aliphatic hydroxyl groups excluding tert-OH is 1. The molecular formula is C10H20N2O4. The number of hydrogen-bond donors (Lipinski definition) is 3. The number of hydrogen-bond acceptors (Lipinski definition) is 3. The van der Waals surface area contributed by atoms with Crippen LogP contribution in [-0.2, 0) is 4.79 Å². The third-order valence-corrected chi connectivity index (χ3v) is 2.17. The summed E-state index contributed by atoms with van der Waals surface area (Å²) in [4.78, 5) is 23.2. The molecule has 0 rings (SSSR count). The van der Waals surface area contributed by atoms with Gasteiger partial charge in [-0.15, -0.1) is 0 Å². The number of aliphatic hydroxyl groups is 1. The number of carbonyl (C=O) groups excluding carboxylic acids is 1. The van der Waals surface area contributed by atoms with Crippen LogP contribution in [0.3, 0.4) is 0 Å². The largest absolute Gasteiger partial charge is 0.479 e. The minimum atomic E-state index is -1.42. The van der Waals surface area contributed by atoms with E-state index in [1.807, 2.05) is 6.92 Å². The van der Waals surface area contributed by atoms with Crippen molar-refractivity contribution in [3.05, 3.63) is 0 Å². The quantitative estimate of drug-likeness (QED) is 0.587. The van der Waals surface area contributed by atoms with Crippen LogP contribution < -0.4 is 5.32 Å². The third-order valence-electron chi connectivity index (χ3n) is 2.17. The second-order valence-corrected chi connectivity index (χ2v) is 3.65. The van der Waals surface area contributed by atoms with Crippen molar-refractivity contribution < 1.29 is 19.8 Å². The molecule has 0 aliphatic rings. The number of aliphatic carboxylic acids is 1. The van der Waals surface area contributed by atoms with Crippen LogP contribution in [0.25, 0.3) is 0 Å². The van der Waals surface area contributed by atoms with Gasteiger partial charge in [-0.1, -0.05) is 13.3 Å². The van der Waals surface area contributed by atoms with Gasteiger partial charge < -0.3 is 20.4 Å². The highest BCUT2D eigenvalue weighted by molar-refractivity contribution is 5.74. The van der Waals surface area contributed by atoms with Crippen molar-refractivity contribution in [3.63, 3.8) is 0 Å². The summed E-state index contributed by atoms with van der Waals surface area (Å²) in [6.45, 7) is 2.86. The first-order valence-corrected chi connectivity index (χ1v) is 5.38. The Kier molecular flexibility index (Phi) is 7.28. The smallest absolute Gasteiger partial charge is 0.332 e. The molecular weight excluding hydrogens is 212 g/mol. The maximum Gasteiger partial charge on any atom is 0.332 e. The van der Waals surface area contributed by atoms with Gasteiger partial charge in [0, 0.05) is 26.6 Å². The molecule has 0 unspecified atom stereocenters. The zero-order valence-corrected chi connectivity index (χ0v) is 9.77. The normalized spacial score (nSPS) is 11.9. The zero-order valence-electron chi connectivity index (χ0n) is 9.77. The van der Waals surface area contributed by atoms with Crippen LogP contribution >= 0.6 is 0 Å². The van der Waals surface area contributed by atoms with Crippen LogP contribution in [-0.4, -0.2) is 53.4 Å². The molecule has 6 nitrogen and oxygen atoms in total. The fraction of sp³-hybridized carbons (Fsp3) is 0.800. The average Bonchev–Trinajstić information content (AvgIpc) is 2.25. The first-order valence-electron chi connectivity index (χ1n) is 5.38. The molecule has 0 saturated heterocycles. The fourth-order valence-corrected chi connectivity index (χ4v) is 1.07. The summed E-state index contributed by atoms with van der Waals surface area (Å²) in [6, 6.07) is -0.244. The number of carboxylic acid groups (broad SMARTS) is 1. The lowest BCUT2D eigenvalue weighted by atomic mass is 10.2. The molecule has 0 fully saturated rings. The first kappa shape index (κ1) is 14.7. The number of nitrogens with one attached hydrogen (secondary N) is 1. The van der Waals surface area contributed by atoms with Gasteiger partial charge in [-0.2, -0.15) is 0 Å². The Morgan fingerprint density at radius 1 is 1.44 bits per heavy atom. The number of nitrogens with zero attached hydrogens (tertiary/aromatic N) is 1. The highest BCUT2D eigenvalue weighted by Gasteiger charge is 2.13. The first-order chi connectivity index (χ1) is 7.49. The third kappa shape index (κ3) is 6.23. The van der Waals surface area contributed by atoms with Crippen molar-refractivity contribution in [2.75, 3.05) is 20.1 Å². The molecule has 16 heavy (non-hydrogen) atoms. The number of carboxylic acids is 1. The van der Waals surface area contributed by atoms with E-state index >= 15 is 0 Å². The van der Waals surface area contributed by atoms with E-state index in [9.17, 15) is 9.59 Å². The minimum absolute atomic E-state index is 0.0166. The number of urea groups is 1. The van der Waals surface area contributed by atoms with Crippen LogP contribution in [0.5, 0.6) is 0 Å². The fourth-order valence-electron chi connectivity index (χ4n) is 1.07. The standard InChI is InChI=1S/C10H20N2O4/c1-3-4-7-12(2)10(16)11-6-5-8(13)9(14)15/h8,13H,3-7H2,1-2H3,(H,11,16)(H,14,15)/t8-/m0/s1. The van der Waals surface area contributed by atoms with Gasteiger partial charge in [-0.3, -0.25) is 0 Å². The van der Waals surface area contributed by atoms with E-state index in [4.69, 9.17) is 10.2 Å². The van der Waals surface area contributed by atoms with Crippen molar-refractivity contribution in [3.8, 4) is 0 Å². The topological polar surface area (TPSA) is 89.9 Å². The Hall–Kier alpha value is -1.30. The summed E-state index contributed by atoms with van der Waals surface area (Å²) < 4.78 is 0. The van der Waals surface area contributed by atoms with E-state index < -0.39 is 12.1 Å². The number of carbonyl (C=O) groups is 2. The highest BCUT2D eigenvalue weighted by atomic mass is 16.4. The van der Waals surface area contributed by atoms with Gasteiger partial charge in [0.1, 0.15) is 0 Å². The number of unbranched alkanes of at least 4 members (excludes halogenated alkanes) is 1. The summed E-state index contributed by atoms with van der Waals surface area (Å²) in [5.74, 6) is -1.27. The second kappa shape index (κ2) is 7.92. The van der Waals surface area contributed by atoms with E-state index in [-0.39, 0.29) is 19.0 Å². The summed E-state index contributed by atoms with van der Waals surface area (Å²) in [6.07, 6.45) is 0.543. The summed E-state index contributed by atoms with van der Waals surface area (Å²) in [7, 11) is 1.68. The molecule has 0 aromatic heterocycles. The van der Waals surface area contributed by atoms with Crippen LogP contribution in [0.15, 0.2) is 0 Å². The molecule has 0 spiro atoms. The van der Waals surface area contributed by atoms with Crippen molar-refractivity contribution >= 4 is 12.0 Å². The maximum absolute atomic E-state index is 11.4. The SMILES string of the molecule is CCCCN(C)C(=O)NCC[C@H](O)C(=O)O. The van der Waals surface area contributed by atoms with E-state index in [1.54, 1.807) is 7.05 Å². The molecule has 0 bridgehead atoms. The average molecular weight is 232 g/mol. The Balaban J connectivity index is 3.68. The molecule has 1 atom stereocenters. The lowest BCUT2D eigenvalue weighted by Gasteiger charge is -2.17. The van der Waals surface area contributed by atoms with E-state index in [1.165, 1.54) is 4.90 Å². The van der Waals surface area contributed by atoms with E-state index in [0.717, 1.165) is 12.8 Å².